The van der Waals surface area contributed by atoms with Gasteiger partial charge in [-0.3, -0.25) is 14.2 Å². The Labute approximate surface area is 247 Å². The van der Waals surface area contributed by atoms with Gasteiger partial charge in [-0.05, 0) is 63.3 Å². The second-order valence-corrected chi connectivity index (χ2v) is 10.5. The van der Waals surface area contributed by atoms with E-state index in [1.54, 1.807) is 28.8 Å². The molecule has 2 aromatic carbocycles. The van der Waals surface area contributed by atoms with Gasteiger partial charge in [0.05, 0.1) is 12.8 Å². The van der Waals surface area contributed by atoms with Crippen molar-refractivity contribution >= 4 is 34.3 Å². The average Bonchev–Trinajstić information content (AvgIpc) is 3.49. The van der Waals surface area contributed by atoms with Gasteiger partial charge in [-0.1, -0.05) is 18.9 Å². The maximum atomic E-state index is 14.3. The molecule has 1 amide bonds. The molecule has 1 aliphatic carbocycles. The fourth-order valence-electron chi connectivity index (χ4n) is 4.96. The first-order valence-corrected chi connectivity index (χ1v) is 13.8. The lowest BCUT2D eigenvalue weighted by Crippen LogP contribution is -2.25. The van der Waals surface area contributed by atoms with Crippen molar-refractivity contribution in [3.05, 3.63) is 82.8 Å². The van der Waals surface area contributed by atoms with Gasteiger partial charge in [-0.15, -0.1) is 0 Å². The smallest absolute Gasteiger partial charge is 0.295 e. The highest BCUT2D eigenvalue weighted by atomic mass is 19.1. The number of benzene rings is 2. The van der Waals surface area contributed by atoms with Gasteiger partial charge in [0.2, 0.25) is 11.9 Å². The van der Waals surface area contributed by atoms with Gasteiger partial charge < -0.3 is 25.0 Å². The zero-order chi connectivity index (χ0) is 30.5. The molecular weight excluding hydrogens is 558 g/mol. The lowest BCUT2D eigenvalue weighted by molar-refractivity contribution is -0.111. The van der Waals surface area contributed by atoms with Crippen LogP contribution in [0, 0.1) is 11.6 Å². The van der Waals surface area contributed by atoms with Crippen molar-refractivity contribution < 1.29 is 23.0 Å². The van der Waals surface area contributed by atoms with E-state index in [4.69, 9.17) is 9.47 Å². The van der Waals surface area contributed by atoms with E-state index in [-0.39, 0.29) is 29.4 Å². The summed E-state index contributed by atoms with van der Waals surface area (Å²) in [6.45, 7) is 0.630. The van der Waals surface area contributed by atoms with Crippen molar-refractivity contribution in [1.29, 1.82) is 0 Å². The number of rotatable bonds is 10. The van der Waals surface area contributed by atoms with Gasteiger partial charge in [0.15, 0.2) is 17.3 Å². The lowest BCUT2D eigenvalue weighted by Gasteiger charge is -2.19. The quantitative estimate of drug-likeness (QED) is 0.224. The number of nitrogens with zero attached hydrogens (tertiary/aromatic N) is 4. The third-order valence-electron chi connectivity index (χ3n) is 7.00. The highest BCUT2D eigenvalue weighted by Gasteiger charge is 2.24. The van der Waals surface area contributed by atoms with Crippen LogP contribution in [0.4, 0.5) is 26.1 Å². The van der Waals surface area contributed by atoms with Gasteiger partial charge >= 0.3 is 0 Å². The number of fused-ring (bicyclic) bond motifs is 1. The fourth-order valence-corrected chi connectivity index (χ4v) is 4.96. The molecule has 0 unspecified atom stereocenters. The third kappa shape index (κ3) is 6.97. The summed E-state index contributed by atoms with van der Waals surface area (Å²) in [6.07, 6.45) is 8.21. The van der Waals surface area contributed by atoms with Gasteiger partial charge in [-0.25, -0.2) is 13.8 Å². The molecule has 0 saturated heterocycles. The Kier molecular flexibility index (Phi) is 8.96. The predicted octanol–water partition coefficient (Wildman–Crippen LogP) is 5.79. The molecule has 1 aliphatic rings. The van der Waals surface area contributed by atoms with Crippen molar-refractivity contribution in [3.63, 3.8) is 0 Å². The first-order valence-electron chi connectivity index (χ1n) is 13.8. The first-order chi connectivity index (χ1) is 20.7. The van der Waals surface area contributed by atoms with Crippen molar-refractivity contribution in [3.8, 4) is 17.2 Å². The van der Waals surface area contributed by atoms with Crippen LogP contribution in [0.3, 0.4) is 0 Å². The molecule has 5 rings (SSSR count). The molecule has 2 aromatic heterocycles. The molecule has 0 atom stereocenters. The summed E-state index contributed by atoms with van der Waals surface area (Å²) in [7, 11) is 5.34. The minimum absolute atomic E-state index is 0.112. The number of pyridine rings is 1. The molecule has 0 radical (unpaired) electrons. The van der Waals surface area contributed by atoms with Crippen molar-refractivity contribution in [2.24, 2.45) is 0 Å². The number of aromatic nitrogens is 3. The second kappa shape index (κ2) is 13.0. The average molecular weight is 591 g/mol. The van der Waals surface area contributed by atoms with Gasteiger partial charge in [0.1, 0.15) is 17.2 Å². The molecule has 12 heteroatoms. The Morgan fingerprint density at radius 2 is 1.86 bits per heavy atom. The highest BCUT2D eigenvalue weighted by Crippen LogP contribution is 2.34. The van der Waals surface area contributed by atoms with Crippen LogP contribution in [0.2, 0.25) is 0 Å². The zero-order valence-electron chi connectivity index (χ0n) is 24.1. The van der Waals surface area contributed by atoms with Crippen LogP contribution < -0.4 is 25.7 Å². The zero-order valence-corrected chi connectivity index (χ0v) is 24.1. The number of likely N-dealkylation sites (N-methyl/N-ethyl adjacent to an activating group) is 1. The highest BCUT2D eigenvalue weighted by molar-refractivity contribution is 5.99. The topological polar surface area (TPSA) is 111 Å². The van der Waals surface area contributed by atoms with Crippen LogP contribution in [0.5, 0.6) is 17.2 Å². The number of amides is 1. The summed E-state index contributed by atoms with van der Waals surface area (Å²) >= 11 is 0. The van der Waals surface area contributed by atoms with Crippen LogP contribution in [-0.2, 0) is 4.79 Å². The number of hydrogen-bond acceptors (Lipinski definition) is 8. The molecule has 4 aromatic rings. The van der Waals surface area contributed by atoms with Crippen molar-refractivity contribution in [2.75, 3.05) is 38.4 Å². The van der Waals surface area contributed by atoms with E-state index in [9.17, 15) is 18.4 Å². The van der Waals surface area contributed by atoms with Gasteiger partial charge in [0, 0.05) is 42.0 Å². The minimum Gasteiger partial charge on any atom is -0.495 e. The molecule has 2 heterocycles. The van der Waals surface area contributed by atoms with E-state index in [1.165, 1.54) is 25.4 Å². The summed E-state index contributed by atoms with van der Waals surface area (Å²) < 4.78 is 40.5. The number of hydrogen-bond donors (Lipinski definition) is 2. The molecular formula is C31H32F2N6O4. The van der Waals surface area contributed by atoms with E-state index in [0.717, 1.165) is 37.8 Å². The van der Waals surface area contributed by atoms with Crippen LogP contribution in [0.1, 0.15) is 31.7 Å². The third-order valence-corrected chi connectivity index (χ3v) is 7.00. The Hall–Kier alpha value is -4.84. The Balaban J connectivity index is 1.48. The summed E-state index contributed by atoms with van der Waals surface area (Å²) in [5, 5.41) is 6.47. The molecule has 2 N–H and O–H groups in total. The van der Waals surface area contributed by atoms with Crippen molar-refractivity contribution in [2.45, 2.75) is 31.7 Å². The monoisotopic (exact) mass is 590 g/mol. The minimum atomic E-state index is -0.917. The number of carbonyl (C=O) groups excluding carboxylic acids is 1. The van der Waals surface area contributed by atoms with Crippen LogP contribution in [0.15, 0.2) is 65.6 Å². The van der Waals surface area contributed by atoms with E-state index in [1.807, 2.05) is 19.0 Å². The summed E-state index contributed by atoms with van der Waals surface area (Å²) in [4.78, 5) is 37.1. The molecule has 43 heavy (non-hydrogen) atoms. The Morgan fingerprint density at radius 3 is 2.58 bits per heavy atom. The number of methoxy groups -OCH3 is 1. The van der Waals surface area contributed by atoms with Crippen LogP contribution in [0.25, 0.3) is 11.0 Å². The molecule has 0 spiro atoms. The Bertz CT molecular complexity index is 1730. The van der Waals surface area contributed by atoms with Crippen LogP contribution >= 0.6 is 0 Å². The molecule has 0 bridgehead atoms. The van der Waals surface area contributed by atoms with Crippen LogP contribution in [-0.4, -0.2) is 53.1 Å². The Morgan fingerprint density at radius 1 is 1.09 bits per heavy atom. The van der Waals surface area contributed by atoms with E-state index in [2.05, 4.69) is 20.6 Å². The molecule has 224 valence electrons. The predicted molar refractivity (Wildman–Crippen MR) is 160 cm³/mol. The summed E-state index contributed by atoms with van der Waals surface area (Å²) in [6, 6.07) is 9.34. The maximum Gasteiger partial charge on any atom is 0.295 e. The second-order valence-electron chi connectivity index (χ2n) is 10.5. The van der Waals surface area contributed by atoms with E-state index in [0.29, 0.717) is 40.8 Å². The largest absolute Gasteiger partial charge is 0.495 e. The molecule has 1 saturated carbocycles. The summed E-state index contributed by atoms with van der Waals surface area (Å²) in [5.74, 6) is -1.63. The first kappa shape index (κ1) is 29.6. The SMILES string of the molecule is COc1ccc(NC(=O)/C=C/CN(C)C)cc1Nc1ncc2cc(Oc3ccc(F)cc3F)c(=O)n(C3CCCC3)c2n1. The van der Waals surface area contributed by atoms with Gasteiger partial charge in [-0.2, -0.15) is 4.98 Å². The van der Waals surface area contributed by atoms with Gasteiger partial charge in [0.25, 0.3) is 5.56 Å². The fraction of sp³-hybridized carbons (Fsp3) is 0.290. The normalized spacial score (nSPS) is 13.6. The number of nitrogens with one attached hydrogen (secondary N) is 2. The molecule has 10 nitrogen and oxygen atoms in total. The van der Waals surface area contributed by atoms with Crippen molar-refractivity contribution in [1.82, 2.24) is 19.4 Å². The number of ether oxygens (including phenoxy) is 2. The number of anilines is 3. The maximum absolute atomic E-state index is 14.3. The van der Waals surface area contributed by atoms with E-state index < -0.39 is 17.2 Å². The number of carbonyl (C=O) groups is 1. The molecule has 1 fully saturated rings. The van der Waals surface area contributed by atoms with E-state index >= 15 is 0 Å². The lowest BCUT2D eigenvalue weighted by atomic mass is 10.2. The molecule has 0 aliphatic heterocycles. The summed E-state index contributed by atoms with van der Waals surface area (Å²) in [5.41, 5.74) is 0.938. The standard InChI is InChI=1S/C31H32F2N6O4/c1-38(2)14-6-9-28(40)35-21-11-13-26(42-3)24(17-21)36-31-34-18-19-15-27(43-25-12-10-20(32)16-23(25)33)30(41)39(29(19)37-31)22-7-4-5-8-22/h6,9-13,15-18,22H,4-5,7-8,14H2,1-3H3,(H,35,40)(H,34,36,37)/b9-6+. The number of halogens is 2.